The molecule has 7 heteroatoms. The lowest BCUT2D eigenvalue weighted by Gasteiger charge is -2.18. The van der Waals surface area contributed by atoms with Crippen molar-refractivity contribution in [3.8, 4) is 0 Å². The van der Waals surface area contributed by atoms with Gasteiger partial charge in [0.1, 0.15) is 0 Å². The number of carbonyl (C=O) groups is 1. The van der Waals surface area contributed by atoms with Gasteiger partial charge in [0, 0.05) is 32.7 Å². The first-order valence-electron chi connectivity index (χ1n) is 9.39. The average molecular weight is 404 g/mol. The maximum absolute atomic E-state index is 12.5. The van der Waals surface area contributed by atoms with Gasteiger partial charge in [0.15, 0.2) is 0 Å². The lowest BCUT2D eigenvalue weighted by molar-refractivity contribution is 0.0950. The van der Waals surface area contributed by atoms with E-state index in [9.17, 15) is 13.2 Å². The number of carbonyl (C=O) groups excluding carboxylic acids is 1. The summed E-state index contributed by atoms with van der Waals surface area (Å²) in [5, 5.41) is 2.82. The van der Waals surface area contributed by atoms with Crippen molar-refractivity contribution in [2.75, 3.05) is 27.2 Å². The molecule has 0 radical (unpaired) electrons. The zero-order valence-corrected chi connectivity index (χ0v) is 17.8. The summed E-state index contributed by atoms with van der Waals surface area (Å²) in [4.78, 5) is 15.0. The Morgan fingerprint density at radius 1 is 0.964 bits per heavy atom. The molecule has 28 heavy (non-hydrogen) atoms. The zero-order valence-electron chi connectivity index (χ0n) is 17.0. The molecular formula is C21H29N3O3S. The standard InChI is InChI=1S/C21H29N3O3S/c1-5-24(6-2)16-17-11-13-18(14-12-17)21(25)22-15-19-9-7-8-10-20(19)28(26,27)23(3)4/h7-14H,5-6,15-16H2,1-4H3,(H,22,25). The third-order valence-electron chi connectivity index (χ3n) is 4.69. The molecule has 0 saturated carbocycles. The molecule has 2 aromatic rings. The maximum atomic E-state index is 12.5. The van der Waals surface area contributed by atoms with Crippen molar-refractivity contribution in [1.29, 1.82) is 0 Å². The van der Waals surface area contributed by atoms with Crippen LogP contribution in [-0.2, 0) is 23.1 Å². The topological polar surface area (TPSA) is 69.7 Å². The van der Waals surface area contributed by atoms with Crippen LogP contribution in [0.5, 0.6) is 0 Å². The third kappa shape index (κ3) is 5.41. The maximum Gasteiger partial charge on any atom is 0.251 e. The van der Waals surface area contributed by atoms with Crippen LogP contribution in [0.2, 0.25) is 0 Å². The molecule has 1 N–H and O–H groups in total. The van der Waals surface area contributed by atoms with Crippen molar-refractivity contribution in [2.45, 2.75) is 31.8 Å². The normalized spacial score (nSPS) is 11.8. The molecule has 0 saturated heterocycles. The number of nitrogens with one attached hydrogen (secondary N) is 1. The molecule has 0 bridgehead atoms. The highest BCUT2D eigenvalue weighted by atomic mass is 32.2. The second-order valence-corrected chi connectivity index (χ2v) is 8.86. The van der Waals surface area contributed by atoms with E-state index in [0.717, 1.165) is 25.2 Å². The van der Waals surface area contributed by atoms with Crippen LogP contribution in [0.25, 0.3) is 0 Å². The monoisotopic (exact) mass is 403 g/mol. The fraction of sp³-hybridized carbons (Fsp3) is 0.381. The van der Waals surface area contributed by atoms with E-state index >= 15 is 0 Å². The van der Waals surface area contributed by atoms with Crippen LogP contribution < -0.4 is 5.32 Å². The number of benzene rings is 2. The average Bonchev–Trinajstić information content (AvgIpc) is 2.70. The Labute approximate surface area is 168 Å². The van der Waals surface area contributed by atoms with Crippen molar-refractivity contribution in [3.63, 3.8) is 0 Å². The van der Waals surface area contributed by atoms with Gasteiger partial charge >= 0.3 is 0 Å². The summed E-state index contributed by atoms with van der Waals surface area (Å²) in [6.45, 7) is 7.20. The van der Waals surface area contributed by atoms with Gasteiger partial charge in [-0.15, -0.1) is 0 Å². The Morgan fingerprint density at radius 3 is 2.14 bits per heavy atom. The van der Waals surface area contributed by atoms with Gasteiger partial charge in [0.25, 0.3) is 5.91 Å². The quantitative estimate of drug-likeness (QED) is 0.699. The van der Waals surface area contributed by atoms with Crippen LogP contribution in [-0.4, -0.2) is 50.7 Å². The van der Waals surface area contributed by atoms with E-state index in [1.807, 2.05) is 12.1 Å². The Morgan fingerprint density at radius 2 is 1.57 bits per heavy atom. The number of hydrogen-bond acceptors (Lipinski definition) is 4. The summed E-state index contributed by atoms with van der Waals surface area (Å²) < 4.78 is 26.1. The smallest absolute Gasteiger partial charge is 0.251 e. The Balaban J connectivity index is 2.07. The molecule has 152 valence electrons. The molecular weight excluding hydrogens is 374 g/mol. The molecule has 0 spiro atoms. The number of rotatable bonds is 9. The summed E-state index contributed by atoms with van der Waals surface area (Å²) in [6.07, 6.45) is 0. The SMILES string of the molecule is CCN(CC)Cc1ccc(C(=O)NCc2ccccc2S(=O)(=O)N(C)C)cc1. The van der Waals surface area contributed by atoms with Gasteiger partial charge in [-0.3, -0.25) is 9.69 Å². The van der Waals surface area contributed by atoms with Crippen molar-refractivity contribution >= 4 is 15.9 Å². The number of nitrogens with zero attached hydrogens (tertiary/aromatic N) is 2. The molecule has 2 rings (SSSR count). The van der Waals surface area contributed by atoms with Crippen LogP contribution in [0, 0.1) is 0 Å². The molecule has 0 unspecified atom stereocenters. The number of sulfonamides is 1. The highest BCUT2D eigenvalue weighted by Crippen LogP contribution is 2.18. The van der Waals surface area contributed by atoms with Crippen LogP contribution in [0.1, 0.15) is 35.3 Å². The first-order chi connectivity index (χ1) is 13.3. The molecule has 1 amide bonds. The molecule has 0 aliphatic heterocycles. The molecule has 0 heterocycles. The minimum atomic E-state index is -3.57. The predicted octanol–water partition coefficient (Wildman–Crippen LogP) is 2.71. The fourth-order valence-electron chi connectivity index (χ4n) is 2.84. The molecule has 0 atom stereocenters. The summed E-state index contributed by atoms with van der Waals surface area (Å²) in [7, 11) is -0.584. The summed E-state index contributed by atoms with van der Waals surface area (Å²) >= 11 is 0. The van der Waals surface area contributed by atoms with Crippen LogP contribution >= 0.6 is 0 Å². The summed E-state index contributed by atoms with van der Waals surface area (Å²) in [5.41, 5.74) is 2.27. The zero-order chi connectivity index (χ0) is 20.7. The number of hydrogen-bond donors (Lipinski definition) is 1. The third-order valence-corrected chi connectivity index (χ3v) is 6.60. The van der Waals surface area contributed by atoms with Gasteiger partial charge in [0.05, 0.1) is 4.90 Å². The Kier molecular flexibility index (Phi) is 7.74. The molecule has 0 fully saturated rings. The molecule has 6 nitrogen and oxygen atoms in total. The Bertz CT molecular complexity index is 889. The second kappa shape index (κ2) is 9.82. The van der Waals surface area contributed by atoms with E-state index in [1.54, 1.807) is 36.4 Å². The Hall–Kier alpha value is -2.22. The minimum absolute atomic E-state index is 0.142. The van der Waals surface area contributed by atoms with Gasteiger partial charge in [-0.2, -0.15) is 0 Å². The molecule has 0 aromatic heterocycles. The fourth-order valence-corrected chi connectivity index (χ4v) is 3.96. The van der Waals surface area contributed by atoms with E-state index in [2.05, 4.69) is 24.1 Å². The summed E-state index contributed by atoms with van der Waals surface area (Å²) in [6, 6.07) is 14.2. The van der Waals surface area contributed by atoms with Gasteiger partial charge in [-0.1, -0.05) is 44.2 Å². The largest absolute Gasteiger partial charge is 0.348 e. The van der Waals surface area contributed by atoms with Crippen molar-refractivity contribution in [2.24, 2.45) is 0 Å². The first kappa shape index (κ1) is 22.1. The van der Waals surface area contributed by atoms with E-state index < -0.39 is 10.0 Å². The molecule has 0 aliphatic carbocycles. The first-order valence-corrected chi connectivity index (χ1v) is 10.8. The van der Waals surface area contributed by atoms with Gasteiger partial charge in [-0.25, -0.2) is 12.7 Å². The van der Waals surface area contributed by atoms with Crippen molar-refractivity contribution in [1.82, 2.24) is 14.5 Å². The number of amides is 1. The van der Waals surface area contributed by atoms with Gasteiger partial charge in [0.2, 0.25) is 10.0 Å². The second-order valence-electron chi connectivity index (χ2n) is 6.74. The van der Waals surface area contributed by atoms with Crippen LogP contribution in [0.15, 0.2) is 53.4 Å². The van der Waals surface area contributed by atoms with Crippen LogP contribution in [0.4, 0.5) is 0 Å². The van der Waals surface area contributed by atoms with Crippen molar-refractivity contribution < 1.29 is 13.2 Å². The minimum Gasteiger partial charge on any atom is -0.348 e. The van der Waals surface area contributed by atoms with Gasteiger partial charge in [-0.05, 0) is 42.4 Å². The summed E-state index contributed by atoms with van der Waals surface area (Å²) in [5.74, 6) is -0.230. The van der Waals surface area contributed by atoms with Crippen LogP contribution in [0.3, 0.4) is 0 Å². The molecule has 0 aliphatic rings. The molecule has 2 aromatic carbocycles. The van der Waals surface area contributed by atoms with E-state index in [0.29, 0.717) is 11.1 Å². The lowest BCUT2D eigenvalue weighted by Crippen LogP contribution is -2.27. The van der Waals surface area contributed by atoms with E-state index in [-0.39, 0.29) is 17.3 Å². The lowest BCUT2D eigenvalue weighted by atomic mass is 10.1. The van der Waals surface area contributed by atoms with Gasteiger partial charge < -0.3 is 5.32 Å². The van der Waals surface area contributed by atoms with E-state index in [1.165, 1.54) is 18.4 Å². The van der Waals surface area contributed by atoms with Crippen molar-refractivity contribution in [3.05, 3.63) is 65.2 Å². The van der Waals surface area contributed by atoms with E-state index in [4.69, 9.17) is 0 Å². The predicted molar refractivity (Wildman–Crippen MR) is 112 cm³/mol. The highest BCUT2D eigenvalue weighted by Gasteiger charge is 2.20. The highest BCUT2D eigenvalue weighted by molar-refractivity contribution is 7.89.